The van der Waals surface area contributed by atoms with Gasteiger partial charge in [0.15, 0.2) is 11.9 Å². The maximum absolute atomic E-state index is 11.9. The number of ether oxygens (including phenoxy) is 1. The van der Waals surface area contributed by atoms with E-state index >= 15 is 0 Å². The van der Waals surface area contributed by atoms with Gasteiger partial charge in [0.25, 0.3) is 5.89 Å². The normalized spacial score (nSPS) is 12.4. The van der Waals surface area contributed by atoms with Crippen molar-refractivity contribution < 1.29 is 14.1 Å². The number of carbonyl (C=O) groups excluding carboxylic acids is 1. The Labute approximate surface area is 138 Å². The molecule has 0 amide bonds. The van der Waals surface area contributed by atoms with Crippen LogP contribution in [0.5, 0.6) is 0 Å². The zero-order chi connectivity index (χ0) is 16.9. The van der Waals surface area contributed by atoms with Crippen molar-refractivity contribution in [2.45, 2.75) is 20.0 Å². The molecule has 24 heavy (non-hydrogen) atoms. The predicted octanol–water partition coefficient (Wildman–Crippen LogP) is 2.88. The highest BCUT2D eigenvalue weighted by Crippen LogP contribution is 2.15. The van der Waals surface area contributed by atoms with Crippen molar-refractivity contribution in [3.8, 4) is 5.69 Å². The van der Waals surface area contributed by atoms with E-state index in [-0.39, 0.29) is 5.89 Å². The average Bonchev–Trinajstić information content (AvgIpc) is 3.23. The second kappa shape index (κ2) is 6.91. The molecule has 1 aromatic carbocycles. The topological polar surface area (TPSA) is 83.0 Å². The second-order valence-corrected chi connectivity index (χ2v) is 5.15. The number of aryl methyl sites for hydroxylation is 1. The van der Waals surface area contributed by atoms with E-state index < -0.39 is 12.1 Å². The number of nitrogens with zero attached hydrogens (tertiary/aromatic N) is 4. The SMILES string of the molecule is Cc1noc(C(C)OC(=O)/C=C/c2cnn(-c3ccccc3)c2)n1. The van der Waals surface area contributed by atoms with E-state index in [1.54, 1.807) is 30.8 Å². The number of hydrogen-bond donors (Lipinski definition) is 0. The average molecular weight is 324 g/mol. The van der Waals surface area contributed by atoms with Gasteiger partial charge in [-0.3, -0.25) is 0 Å². The highest BCUT2D eigenvalue weighted by Gasteiger charge is 2.16. The summed E-state index contributed by atoms with van der Waals surface area (Å²) in [4.78, 5) is 15.9. The van der Waals surface area contributed by atoms with Gasteiger partial charge in [-0.05, 0) is 32.1 Å². The Morgan fingerprint density at radius 2 is 2.12 bits per heavy atom. The fraction of sp³-hybridized carbons (Fsp3) is 0.176. The third-order valence-corrected chi connectivity index (χ3v) is 3.22. The Kier molecular flexibility index (Phi) is 4.51. The lowest BCUT2D eigenvalue weighted by atomic mass is 10.3. The van der Waals surface area contributed by atoms with Gasteiger partial charge in [0.1, 0.15) is 0 Å². The number of rotatable bonds is 5. The van der Waals surface area contributed by atoms with Crippen LogP contribution in [0.4, 0.5) is 0 Å². The third kappa shape index (κ3) is 3.75. The molecular weight excluding hydrogens is 308 g/mol. The number of aromatic nitrogens is 4. The zero-order valence-electron chi connectivity index (χ0n) is 13.3. The summed E-state index contributed by atoms with van der Waals surface area (Å²) >= 11 is 0. The summed E-state index contributed by atoms with van der Waals surface area (Å²) < 4.78 is 11.9. The van der Waals surface area contributed by atoms with Gasteiger partial charge < -0.3 is 9.26 Å². The third-order valence-electron chi connectivity index (χ3n) is 3.22. The molecule has 1 unspecified atom stereocenters. The smallest absolute Gasteiger partial charge is 0.331 e. The lowest BCUT2D eigenvalue weighted by Crippen LogP contribution is -2.06. The minimum Gasteiger partial charge on any atom is -0.449 e. The van der Waals surface area contributed by atoms with Crippen molar-refractivity contribution in [2.24, 2.45) is 0 Å². The van der Waals surface area contributed by atoms with E-state index in [9.17, 15) is 4.79 Å². The van der Waals surface area contributed by atoms with Crippen molar-refractivity contribution in [2.75, 3.05) is 0 Å². The first-order valence-electron chi connectivity index (χ1n) is 7.41. The first kappa shape index (κ1) is 15.7. The number of hydrogen-bond acceptors (Lipinski definition) is 6. The highest BCUT2D eigenvalue weighted by atomic mass is 16.6. The molecular formula is C17H16N4O3. The monoisotopic (exact) mass is 324 g/mol. The van der Waals surface area contributed by atoms with Crippen LogP contribution in [0.15, 0.2) is 53.3 Å². The quantitative estimate of drug-likeness (QED) is 0.530. The summed E-state index contributed by atoms with van der Waals surface area (Å²) in [5, 5.41) is 7.92. The molecule has 0 aliphatic heterocycles. The van der Waals surface area contributed by atoms with Crippen LogP contribution >= 0.6 is 0 Å². The minimum atomic E-state index is -0.601. The Morgan fingerprint density at radius 1 is 1.33 bits per heavy atom. The minimum absolute atomic E-state index is 0.270. The maximum Gasteiger partial charge on any atom is 0.331 e. The molecule has 0 saturated heterocycles. The number of para-hydroxylation sites is 1. The van der Waals surface area contributed by atoms with Crippen LogP contribution in [0.1, 0.15) is 30.3 Å². The molecule has 0 spiro atoms. The van der Waals surface area contributed by atoms with Gasteiger partial charge in [-0.15, -0.1) is 0 Å². The van der Waals surface area contributed by atoms with Crippen LogP contribution in [0.3, 0.4) is 0 Å². The maximum atomic E-state index is 11.9. The van der Waals surface area contributed by atoms with Crippen molar-refractivity contribution in [3.05, 3.63) is 66.1 Å². The van der Waals surface area contributed by atoms with E-state index in [1.165, 1.54) is 6.08 Å². The van der Waals surface area contributed by atoms with Crippen molar-refractivity contribution in [1.82, 2.24) is 19.9 Å². The summed E-state index contributed by atoms with van der Waals surface area (Å²) in [6, 6.07) is 9.70. The molecule has 1 atom stereocenters. The van der Waals surface area contributed by atoms with E-state index in [0.717, 1.165) is 11.3 Å². The molecule has 0 radical (unpaired) electrons. The molecule has 0 aliphatic carbocycles. The number of benzene rings is 1. The first-order valence-corrected chi connectivity index (χ1v) is 7.41. The van der Waals surface area contributed by atoms with Gasteiger partial charge in [-0.1, -0.05) is 23.4 Å². The Bertz CT molecular complexity index is 852. The molecule has 2 heterocycles. The lowest BCUT2D eigenvalue weighted by molar-refractivity contribution is -0.143. The molecule has 0 fully saturated rings. The summed E-state index contributed by atoms with van der Waals surface area (Å²) in [5.74, 6) is 0.272. The van der Waals surface area contributed by atoms with Crippen LogP contribution in [0, 0.1) is 6.92 Å². The summed E-state index contributed by atoms with van der Waals surface area (Å²) in [7, 11) is 0. The summed E-state index contributed by atoms with van der Waals surface area (Å²) in [6.07, 6.45) is 5.87. The number of carbonyl (C=O) groups is 1. The van der Waals surface area contributed by atoms with Crippen molar-refractivity contribution >= 4 is 12.0 Å². The zero-order valence-corrected chi connectivity index (χ0v) is 13.3. The van der Waals surface area contributed by atoms with E-state index in [0.29, 0.717) is 5.82 Å². The second-order valence-electron chi connectivity index (χ2n) is 5.15. The lowest BCUT2D eigenvalue weighted by Gasteiger charge is -2.05. The summed E-state index contributed by atoms with van der Waals surface area (Å²) in [6.45, 7) is 3.37. The van der Waals surface area contributed by atoms with Crippen LogP contribution in [0.2, 0.25) is 0 Å². The molecule has 3 aromatic rings. The first-order chi connectivity index (χ1) is 11.6. The molecule has 3 rings (SSSR count). The molecule has 7 heteroatoms. The predicted molar refractivity (Wildman–Crippen MR) is 86.1 cm³/mol. The van der Waals surface area contributed by atoms with Crippen molar-refractivity contribution in [1.29, 1.82) is 0 Å². The van der Waals surface area contributed by atoms with Crippen molar-refractivity contribution in [3.63, 3.8) is 0 Å². The van der Waals surface area contributed by atoms with E-state index in [2.05, 4.69) is 15.2 Å². The standard InChI is InChI=1S/C17H16N4O3/c1-12(17-19-13(2)20-24-17)23-16(22)9-8-14-10-18-21(11-14)15-6-4-3-5-7-15/h3-12H,1-2H3/b9-8+. The van der Waals surface area contributed by atoms with Gasteiger partial charge in [-0.25, -0.2) is 9.48 Å². The van der Waals surface area contributed by atoms with Crippen LogP contribution < -0.4 is 0 Å². The summed E-state index contributed by atoms with van der Waals surface area (Å²) in [5.41, 5.74) is 1.73. The fourth-order valence-corrected chi connectivity index (χ4v) is 2.05. The van der Waals surface area contributed by atoms with Gasteiger partial charge in [0.05, 0.1) is 11.9 Å². The molecule has 7 nitrogen and oxygen atoms in total. The molecule has 2 aromatic heterocycles. The fourth-order valence-electron chi connectivity index (χ4n) is 2.05. The van der Waals surface area contributed by atoms with Crippen LogP contribution in [-0.2, 0) is 9.53 Å². The number of esters is 1. The van der Waals surface area contributed by atoms with E-state index in [4.69, 9.17) is 9.26 Å². The molecule has 0 saturated carbocycles. The van der Waals surface area contributed by atoms with Gasteiger partial charge in [0.2, 0.25) is 0 Å². The van der Waals surface area contributed by atoms with Crippen LogP contribution in [0.25, 0.3) is 11.8 Å². The van der Waals surface area contributed by atoms with E-state index in [1.807, 2.05) is 36.5 Å². The van der Waals surface area contributed by atoms with Gasteiger partial charge in [0, 0.05) is 17.8 Å². The Balaban J connectivity index is 1.61. The Morgan fingerprint density at radius 3 is 2.83 bits per heavy atom. The highest BCUT2D eigenvalue weighted by molar-refractivity contribution is 5.87. The molecule has 0 N–H and O–H groups in total. The van der Waals surface area contributed by atoms with Gasteiger partial charge in [-0.2, -0.15) is 10.1 Å². The molecule has 122 valence electrons. The molecule has 0 bridgehead atoms. The largest absolute Gasteiger partial charge is 0.449 e. The molecule has 0 aliphatic rings. The van der Waals surface area contributed by atoms with Crippen LogP contribution in [-0.4, -0.2) is 25.9 Å². The van der Waals surface area contributed by atoms with Gasteiger partial charge >= 0.3 is 5.97 Å². The Hall–Kier alpha value is -3.22.